The Balaban J connectivity index is 0.00000357. The second kappa shape index (κ2) is 12.0. The number of hydrogen-bond acceptors (Lipinski definition) is 3. The van der Waals surface area contributed by atoms with Crippen LogP contribution in [0.25, 0.3) is 33.3 Å². The van der Waals surface area contributed by atoms with E-state index in [2.05, 4.69) is 38.9 Å². The normalized spacial score (nSPS) is 18.2. The minimum atomic E-state index is -1.68. The number of alkyl halides is 2. The maximum absolute atomic E-state index is 14.9. The van der Waals surface area contributed by atoms with Crippen LogP contribution in [0.1, 0.15) is 40.4 Å². The summed E-state index contributed by atoms with van der Waals surface area (Å²) in [5.41, 5.74) is 5.85. The van der Waals surface area contributed by atoms with Crippen molar-refractivity contribution in [1.82, 2.24) is 19.3 Å². The number of pyridine rings is 1. The molecule has 0 saturated heterocycles. The first-order chi connectivity index (χ1) is 21.2. The van der Waals surface area contributed by atoms with Gasteiger partial charge in [-0.25, -0.2) is 18.2 Å². The third kappa shape index (κ3) is 5.50. The molecule has 0 aliphatic heterocycles. The van der Waals surface area contributed by atoms with Crippen molar-refractivity contribution >= 4 is 21.8 Å². The molecule has 45 heavy (non-hydrogen) atoms. The molecular formula is C36H29F3N4OPt. The standard InChI is InChI=1S/C36H29F3N4O.Pt/c1-20-11-12-40-34(15-20)42-32-8-6-5-7-28(32)29-10-9-26(19-33(29)42)44-27-14-21(2)13-25(18-27)43-23(4)35(22(3)41-43)36-30(38)16-24(37)17-31(36)39;/h5-16,24,31,36H,17H2,1-4H3;/q-2;+2/t24-,31-,36?;/m0./s1. The topological polar surface area (TPSA) is 44.9 Å². The summed E-state index contributed by atoms with van der Waals surface area (Å²) in [6.07, 6.45) is -1.03. The summed E-state index contributed by atoms with van der Waals surface area (Å²) >= 11 is 0. The molecule has 1 unspecified atom stereocenters. The molecule has 1 aliphatic carbocycles. The molecule has 0 saturated carbocycles. The molecule has 0 bridgehead atoms. The van der Waals surface area contributed by atoms with E-state index in [-0.39, 0.29) is 27.5 Å². The molecule has 3 atom stereocenters. The van der Waals surface area contributed by atoms with Crippen molar-refractivity contribution in [3.63, 3.8) is 0 Å². The van der Waals surface area contributed by atoms with E-state index in [1.165, 1.54) is 0 Å². The SMILES string of the molecule is Cc1cc(Oc2[c-]c3c(cc2)c2ccccc2n3-c2cc(C)ccn2)[c-]c(-n2nc(C)c(C3C(F)=C[C@H](F)C[C@@H]3F)c2C)c1.[Pt+2]. The molecule has 0 N–H and O–H groups in total. The van der Waals surface area contributed by atoms with Gasteiger partial charge in [0, 0.05) is 40.9 Å². The van der Waals surface area contributed by atoms with E-state index in [1.54, 1.807) is 24.7 Å². The summed E-state index contributed by atoms with van der Waals surface area (Å²) in [5, 5.41) is 6.71. The van der Waals surface area contributed by atoms with Crippen LogP contribution in [0.4, 0.5) is 13.2 Å². The molecule has 9 heteroatoms. The number of nitrogens with zero attached hydrogens (tertiary/aromatic N) is 4. The average Bonchev–Trinajstić information content (AvgIpc) is 3.45. The Labute approximate surface area is 273 Å². The van der Waals surface area contributed by atoms with Crippen molar-refractivity contribution < 1.29 is 39.0 Å². The van der Waals surface area contributed by atoms with Gasteiger partial charge in [0.1, 0.15) is 24.0 Å². The Morgan fingerprint density at radius 2 is 1.69 bits per heavy atom. The van der Waals surface area contributed by atoms with Gasteiger partial charge in [0.05, 0.1) is 11.6 Å². The predicted octanol–water partition coefficient (Wildman–Crippen LogP) is 9.01. The van der Waals surface area contributed by atoms with E-state index in [0.717, 1.165) is 44.8 Å². The minimum absolute atomic E-state index is 0. The first kappa shape index (κ1) is 30.8. The molecule has 6 aromatic rings. The number of rotatable bonds is 5. The average molecular weight is 786 g/mol. The van der Waals surface area contributed by atoms with Crippen LogP contribution in [0.3, 0.4) is 0 Å². The molecule has 1 aliphatic rings. The molecule has 0 fully saturated rings. The summed E-state index contributed by atoms with van der Waals surface area (Å²) in [5.74, 6) is -0.271. The van der Waals surface area contributed by atoms with Crippen molar-refractivity contribution in [2.24, 2.45) is 0 Å². The van der Waals surface area contributed by atoms with Crippen LogP contribution in [-0.2, 0) is 21.1 Å². The second-order valence-electron chi connectivity index (χ2n) is 11.4. The summed E-state index contributed by atoms with van der Waals surface area (Å²) in [4.78, 5) is 4.63. The van der Waals surface area contributed by atoms with Crippen LogP contribution in [0, 0.1) is 39.8 Å². The molecule has 7 rings (SSSR count). The number of ether oxygens (including phenoxy) is 1. The third-order valence-corrected chi connectivity index (χ3v) is 8.22. The van der Waals surface area contributed by atoms with Gasteiger partial charge in [-0.3, -0.25) is 4.68 Å². The van der Waals surface area contributed by atoms with Gasteiger partial charge in [-0.1, -0.05) is 30.6 Å². The number of allylic oxidation sites excluding steroid dienone is 2. The smallest absolute Gasteiger partial charge is 0.509 e. The van der Waals surface area contributed by atoms with Crippen molar-refractivity contribution in [1.29, 1.82) is 0 Å². The van der Waals surface area contributed by atoms with Crippen LogP contribution in [0.2, 0.25) is 0 Å². The summed E-state index contributed by atoms with van der Waals surface area (Å²) < 4.78 is 53.5. The zero-order chi connectivity index (χ0) is 30.7. The van der Waals surface area contributed by atoms with Crippen LogP contribution in [0.15, 0.2) is 78.8 Å². The molecule has 5 nitrogen and oxygen atoms in total. The first-order valence-corrected chi connectivity index (χ1v) is 14.5. The summed E-state index contributed by atoms with van der Waals surface area (Å²) in [6.45, 7) is 7.42. The number of halogens is 3. The molecule has 0 radical (unpaired) electrons. The molecule has 3 heterocycles. The van der Waals surface area contributed by atoms with Crippen molar-refractivity contribution in [3.8, 4) is 23.0 Å². The maximum atomic E-state index is 14.9. The number of para-hydroxylation sites is 1. The van der Waals surface area contributed by atoms with Crippen molar-refractivity contribution in [2.75, 3.05) is 0 Å². The summed E-state index contributed by atoms with van der Waals surface area (Å²) in [7, 11) is 0. The van der Waals surface area contributed by atoms with E-state index in [1.807, 2.05) is 62.4 Å². The van der Waals surface area contributed by atoms with E-state index in [4.69, 9.17) is 4.74 Å². The van der Waals surface area contributed by atoms with E-state index in [9.17, 15) is 13.2 Å². The monoisotopic (exact) mass is 785 g/mol. The Hall–Kier alpha value is -4.16. The fraction of sp³-hybridized carbons (Fsp3) is 0.222. The quantitative estimate of drug-likeness (QED) is 0.164. The Morgan fingerprint density at radius 3 is 2.47 bits per heavy atom. The Bertz CT molecular complexity index is 2100. The molecule has 0 amide bonds. The molecule has 3 aromatic heterocycles. The fourth-order valence-electron chi connectivity index (χ4n) is 6.29. The Morgan fingerprint density at radius 1 is 0.889 bits per heavy atom. The third-order valence-electron chi connectivity index (χ3n) is 8.22. The van der Waals surface area contributed by atoms with Gasteiger partial charge in [0.15, 0.2) is 0 Å². The van der Waals surface area contributed by atoms with Gasteiger partial charge >= 0.3 is 21.1 Å². The molecule has 0 spiro atoms. The number of aryl methyl sites for hydroxylation is 3. The minimum Gasteiger partial charge on any atom is -0.509 e. The van der Waals surface area contributed by atoms with Crippen LogP contribution >= 0.6 is 0 Å². The van der Waals surface area contributed by atoms with Gasteiger partial charge < -0.3 is 9.30 Å². The number of hydrogen-bond donors (Lipinski definition) is 0. The number of benzene rings is 3. The summed E-state index contributed by atoms with van der Waals surface area (Å²) in [6, 6.07) is 26.5. The zero-order valence-electron chi connectivity index (χ0n) is 25.0. The molecular weight excluding hydrogens is 756 g/mol. The van der Waals surface area contributed by atoms with Gasteiger partial charge in [-0.2, -0.15) is 16.7 Å². The Kier molecular flexibility index (Phi) is 8.21. The first-order valence-electron chi connectivity index (χ1n) is 14.5. The second-order valence-corrected chi connectivity index (χ2v) is 11.4. The van der Waals surface area contributed by atoms with Gasteiger partial charge in [-0.05, 0) is 61.7 Å². The van der Waals surface area contributed by atoms with Gasteiger partial charge in [0.2, 0.25) is 0 Å². The van der Waals surface area contributed by atoms with Crippen LogP contribution < -0.4 is 4.74 Å². The van der Waals surface area contributed by atoms with E-state index < -0.39 is 24.1 Å². The van der Waals surface area contributed by atoms with E-state index >= 15 is 0 Å². The van der Waals surface area contributed by atoms with Crippen molar-refractivity contribution in [3.05, 3.63) is 119 Å². The number of aromatic nitrogens is 4. The van der Waals surface area contributed by atoms with Gasteiger partial charge in [-0.15, -0.1) is 35.7 Å². The molecule has 3 aromatic carbocycles. The predicted molar refractivity (Wildman–Crippen MR) is 165 cm³/mol. The largest absolute Gasteiger partial charge is 2.00 e. The maximum Gasteiger partial charge on any atom is 2.00 e. The zero-order valence-corrected chi connectivity index (χ0v) is 27.3. The van der Waals surface area contributed by atoms with Crippen molar-refractivity contribution in [2.45, 2.75) is 52.4 Å². The van der Waals surface area contributed by atoms with Crippen LogP contribution in [0.5, 0.6) is 11.5 Å². The van der Waals surface area contributed by atoms with E-state index in [0.29, 0.717) is 34.1 Å². The number of fused-ring (bicyclic) bond motifs is 3. The molecule has 230 valence electrons. The van der Waals surface area contributed by atoms with Gasteiger partial charge in [0.25, 0.3) is 0 Å². The fourth-order valence-corrected chi connectivity index (χ4v) is 6.29. The van der Waals surface area contributed by atoms with Crippen LogP contribution in [-0.4, -0.2) is 31.7 Å².